The SMILES string of the molecule is CN(Cc1cccnc1)CC1(CO)CCOCC1. The fourth-order valence-corrected chi connectivity index (χ4v) is 2.60. The van der Waals surface area contributed by atoms with Gasteiger partial charge in [0.2, 0.25) is 0 Å². The van der Waals surface area contributed by atoms with E-state index >= 15 is 0 Å². The van der Waals surface area contributed by atoms with E-state index in [2.05, 4.69) is 23.0 Å². The van der Waals surface area contributed by atoms with E-state index in [9.17, 15) is 5.11 Å². The number of aliphatic hydroxyl groups is 1. The molecule has 4 heteroatoms. The first-order chi connectivity index (χ1) is 8.74. The van der Waals surface area contributed by atoms with Gasteiger partial charge in [-0.2, -0.15) is 0 Å². The van der Waals surface area contributed by atoms with Crippen LogP contribution in [0.1, 0.15) is 18.4 Å². The van der Waals surface area contributed by atoms with Crippen LogP contribution in [-0.2, 0) is 11.3 Å². The van der Waals surface area contributed by atoms with Crippen molar-refractivity contribution in [2.45, 2.75) is 19.4 Å². The Balaban J connectivity index is 1.91. The van der Waals surface area contributed by atoms with Crippen molar-refractivity contribution in [2.24, 2.45) is 5.41 Å². The zero-order chi connectivity index (χ0) is 12.8. The van der Waals surface area contributed by atoms with E-state index in [-0.39, 0.29) is 12.0 Å². The predicted molar refractivity (Wildman–Crippen MR) is 70.1 cm³/mol. The number of aromatic nitrogens is 1. The molecule has 1 aromatic heterocycles. The third-order valence-corrected chi connectivity index (χ3v) is 3.67. The van der Waals surface area contributed by atoms with E-state index < -0.39 is 0 Å². The molecule has 0 amide bonds. The summed E-state index contributed by atoms with van der Waals surface area (Å²) < 4.78 is 5.39. The van der Waals surface area contributed by atoms with Crippen LogP contribution in [0.25, 0.3) is 0 Å². The van der Waals surface area contributed by atoms with E-state index in [1.165, 1.54) is 5.56 Å². The van der Waals surface area contributed by atoms with E-state index in [1.54, 1.807) is 6.20 Å². The van der Waals surface area contributed by atoms with Crippen LogP contribution >= 0.6 is 0 Å². The summed E-state index contributed by atoms with van der Waals surface area (Å²) in [7, 11) is 2.10. The molecule has 100 valence electrons. The molecule has 0 atom stereocenters. The summed E-state index contributed by atoms with van der Waals surface area (Å²) in [4.78, 5) is 6.39. The molecule has 0 aromatic carbocycles. The molecule has 1 fully saturated rings. The second-order valence-electron chi connectivity index (χ2n) is 5.30. The lowest BCUT2D eigenvalue weighted by Gasteiger charge is -2.38. The molecule has 1 aliphatic heterocycles. The Hall–Kier alpha value is -0.970. The standard InChI is InChI=1S/C14H22N2O2/c1-16(10-13-3-2-6-15-9-13)11-14(12-17)4-7-18-8-5-14/h2-3,6,9,17H,4-5,7-8,10-12H2,1H3. The minimum atomic E-state index is 0.00914. The van der Waals surface area contributed by atoms with Gasteiger partial charge in [-0.05, 0) is 31.5 Å². The van der Waals surface area contributed by atoms with Gasteiger partial charge in [0, 0.05) is 44.1 Å². The summed E-state index contributed by atoms with van der Waals surface area (Å²) in [6.07, 6.45) is 5.57. The molecule has 0 radical (unpaired) electrons. The minimum Gasteiger partial charge on any atom is -0.396 e. The smallest absolute Gasteiger partial charge is 0.0501 e. The highest BCUT2D eigenvalue weighted by Crippen LogP contribution is 2.30. The minimum absolute atomic E-state index is 0.00914. The molecule has 1 aliphatic rings. The quantitative estimate of drug-likeness (QED) is 0.855. The van der Waals surface area contributed by atoms with Crippen LogP contribution in [-0.4, -0.2) is 48.4 Å². The molecule has 0 saturated carbocycles. The topological polar surface area (TPSA) is 45.6 Å². The summed E-state index contributed by atoms with van der Waals surface area (Å²) in [5.74, 6) is 0. The van der Waals surface area contributed by atoms with Gasteiger partial charge < -0.3 is 14.7 Å². The van der Waals surface area contributed by atoms with Crippen molar-refractivity contribution in [1.29, 1.82) is 0 Å². The van der Waals surface area contributed by atoms with Crippen molar-refractivity contribution in [1.82, 2.24) is 9.88 Å². The highest BCUT2D eigenvalue weighted by atomic mass is 16.5. The van der Waals surface area contributed by atoms with Gasteiger partial charge in [-0.3, -0.25) is 4.98 Å². The molecule has 0 spiro atoms. The largest absolute Gasteiger partial charge is 0.396 e. The maximum absolute atomic E-state index is 9.66. The van der Waals surface area contributed by atoms with Crippen molar-refractivity contribution >= 4 is 0 Å². The van der Waals surface area contributed by atoms with E-state index in [0.717, 1.165) is 39.1 Å². The number of aliphatic hydroxyl groups excluding tert-OH is 1. The van der Waals surface area contributed by atoms with Gasteiger partial charge in [0.25, 0.3) is 0 Å². The van der Waals surface area contributed by atoms with Gasteiger partial charge in [-0.25, -0.2) is 0 Å². The Kier molecular flexibility index (Phi) is 4.69. The monoisotopic (exact) mass is 250 g/mol. The van der Waals surface area contributed by atoms with Gasteiger partial charge in [0.15, 0.2) is 0 Å². The molecule has 2 rings (SSSR count). The third kappa shape index (κ3) is 3.51. The second kappa shape index (κ2) is 6.27. The van der Waals surface area contributed by atoms with Crippen molar-refractivity contribution in [3.63, 3.8) is 0 Å². The first-order valence-corrected chi connectivity index (χ1v) is 6.50. The Bertz CT molecular complexity index is 350. The molecular weight excluding hydrogens is 228 g/mol. The van der Waals surface area contributed by atoms with Gasteiger partial charge in [0.1, 0.15) is 0 Å². The maximum Gasteiger partial charge on any atom is 0.0501 e. The molecule has 1 saturated heterocycles. The van der Waals surface area contributed by atoms with Crippen LogP contribution in [0.5, 0.6) is 0 Å². The second-order valence-corrected chi connectivity index (χ2v) is 5.30. The summed E-state index contributed by atoms with van der Waals surface area (Å²) >= 11 is 0. The van der Waals surface area contributed by atoms with Crippen molar-refractivity contribution in [3.05, 3.63) is 30.1 Å². The normalized spacial score (nSPS) is 19.1. The number of ether oxygens (including phenoxy) is 1. The number of rotatable bonds is 5. The molecule has 18 heavy (non-hydrogen) atoms. The van der Waals surface area contributed by atoms with Crippen molar-refractivity contribution < 1.29 is 9.84 Å². The first kappa shape index (κ1) is 13.5. The highest BCUT2D eigenvalue weighted by molar-refractivity contribution is 5.08. The Morgan fingerprint density at radius 3 is 2.83 bits per heavy atom. The van der Waals surface area contributed by atoms with Gasteiger partial charge in [-0.1, -0.05) is 6.07 Å². The number of pyridine rings is 1. The summed E-state index contributed by atoms with van der Waals surface area (Å²) in [5.41, 5.74) is 1.22. The van der Waals surface area contributed by atoms with Gasteiger partial charge in [0.05, 0.1) is 6.61 Å². The lowest BCUT2D eigenvalue weighted by Crippen LogP contribution is -2.42. The van der Waals surface area contributed by atoms with Crippen LogP contribution in [0, 0.1) is 5.41 Å². The van der Waals surface area contributed by atoms with Crippen LogP contribution in [0.4, 0.5) is 0 Å². The van der Waals surface area contributed by atoms with Crippen LogP contribution < -0.4 is 0 Å². The van der Waals surface area contributed by atoms with E-state index in [0.29, 0.717) is 0 Å². The summed E-state index contributed by atoms with van der Waals surface area (Å²) in [6, 6.07) is 4.04. The third-order valence-electron chi connectivity index (χ3n) is 3.67. The number of hydrogen-bond donors (Lipinski definition) is 1. The Labute approximate surface area is 109 Å². The lowest BCUT2D eigenvalue weighted by atomic mass is 9.80. The predicted octanol–water partition coefficient (Wildman–Crippen LogP) is 1.30. The Morgan fingerprint density at radius 1 is 1.44 bits per heavy atom. The lowest BCUT2D eigenvalue weighted by molar-refractivity contribution is -0.0318. The van der Waals surface area contributed by atoms with Gasteiger partial charge >= 0.3 is 0 Å². The van der Waals surface area contributed by atoms with E-state index in [1.807, 2.05) is 12.3 Å². The van der Waals surface area contributed by atoms with Crippen LogP contribution in [0.2, 0.25) is 0 Å². The molecule has 0 unspecified atom stereocenters. The maximum atomic E-state index is 9.66. The first-order valence-electron chi connectivity index (χ1n) is 6.50. The zero-order valence-corrected chi connectivity index (χ0v) is 11.0. The molecule has 4 nitrogen and oxygen atoms in total. The molecule has 1 N–H and O–H groups in total. The van der Waals surface area contributed by atoms with Gasteiger partial charge in [-0.15, -0.1) is 0 Å². The fraction of sp³-hybridized carbons (Fsp3) is 0.643. The molecular formula is C14H22N2O2. The average molecular weight is 250 g/mol. The molecule has 0 bridgehead atoms. The Morgan fingerprint density at radius 2 is 2.22 bits per heavy atom. The zero-order valence-electron chi connectivity index (χ0n) is 11.0. The number of nitrogens with zero attached hydrogens (tertiary/aromatic N) is 2. The van der Waals surface area contributed by atoms with Crippen molar-refractivity contribution in [3.8, 4) is 0 Å². The van der Waals surface area contributed by atoms with Crippen molar-refractivity contribution in [2.75, 3.05) is 33.4 Å². The van der Waals surface area contributed by atoms with Crippen LogP contribution in [0.3, 0.4) is 0 Å². The average Bonchev–Trinajstić information content (AvgIpc) is 2.41. The molecule has 0 aliphatic carbocycles. The summed E-state index contributed by atoms with van der Waals surface area (Å²) in [5, 5.41) is 9.66. The van der Waals surface area contributed by atoms with E-state index in [4.69, 9.17) is 4.74 Å². The molecule has 1 aromatic rings. The van der Waals surface area contributed by atoms with Crippen LogP contribution in [0.15, 0.2) is 24.5 Å². The number of hydrogen-bond acceptors (Lipinski definition) is 4. The summed E-state index contributed by atoms with van der Waals surface area (Å²) in [6.45, 7) is 3.55. The fourth-order valence-electron chi connectivity index (χ4n) is 2.60. The highest BCUT2D eigenvalue weighted by Gasteiger charge is 2.33. The molecule has 2 heterocycles.